The number of hydrogen-bond donors (Lipinski definition) is 0. The summed E-state index contributed by atoms with van der Waals surface area (Å²) in [5.74, 6) is 0.603. The Bertz CT molecular complexity index is 3090. The monoisotopic (exact) mass is 694 g/mol. The Morgan fingerprint density at radius 3 is 2.06 bits per heavy atom. The normalized spacial score (nSPS) is 13.1. The van der Waals surface area contributed by atoms with E-state index >= 15 is 0 Å². The standard InChI is InChI=1S/C50H34N2O2/c1-50(2)43-21-9-8-19-39(43)41-27-35(23-25-44(41)50)52(34-17-10-16-33(26-34)38-20-11-15-31-12-6-7-18-37(31)38)36-22-24-40-42-29-48-45(30-47(42)53-46(40)28-36)51-49(54-48)32-13-4-3-5-14-32/h3-30H,1-2H3. The van der Waals surface area contributed by atoms with E-state index in [1.54, 1.807) is 0 Å². The Morgan fingerprint density at radius 1 is 0.444 bits per heavy atom. The Kier molecular flexibility index (Phi) is 6.56. The van der Waals surface area contributed by atoms with Gasteiger partial charge in [0.15, 0.2) is 5.58 Å². The maximum atomic E-state index is 6.62. The first-order chi connectivity index (χ1) is 26.5. The summed E-state index contributed by atoms with van der Waals surface area (Å²) in [7, 11) is 0. The number of aromatic nitrogens is 1. The molecule has 1 aliphatic rings. The van der Waals surface area contributed by atoms with Crippen molar-refractivity contribution in [2.24, 2.45) is 0 Å². The number of rotatable bonds is 5. The van der Waals surface area contributed by atoms with Crippen LogP contribution in [0.5, 0.6) is 0 Å². The summed E-state index contributed by atoms with van der Waals surface area (Å²) in [6.45, 7) is 4.65. The lowest BCUT2D eigenvalue weighted by Gasteiger charge is -2.27. The molecule has 0 spiro atoms. The number of hydrogen-bond acceptors (Lipinski definition) is 4. The molecule has 11 rings (SSSR count). The first-order valence-electron chi connectivity index (χ1n) is 18.4. The zero-order valence-electron chi connectivity index (χ0n) is 29.9. The van der Waals surface area contributed by atoms with Crippen molar-refractivity contribution in [1.82, 2.24) is 4.98 Å². The van der Waals surface area contributed by atoms with Gasteiger partial charge >= 0.3 is 0 Å². The Morgan fingerprint density at radius 2 is 1.13 bits per heavy atom. The fourth-order valence-corrected chi connectivity index (χ4v) is 8.61. The molecule has 1 aliphatic carbocycles. The number of anilines is 3. The number of fused-ring (bicyclic) bond motifs is 8. The molecular weight excluding hydrogens is 661 g/mol. The summed E-state index contributed by atoms with van der Waals surface area (Å²) in [5, 5.41) is 4.49. The van der Waals surface area contributed by atoms with Crippen molar-refractivity contribution in [2.75, 3.05) is 4.90 Å². The smallest absolute Gasteiger partial charge is 0.227 e. The predicted octanol–water partition coefficient (Wildman–Crippen LogP) is 14.0. The van der Waals surface area contributed by atoms with E-state index in [9.17, 15) is 0 Å². The van der Waals surface area contributed by atoms with Crippen molar-refractivity contribution in [3.63, 3.8) is 0 Å². The van der Waals surface area contributed by atoms with E-state index in [2.05, 4.69) is 152 Å². The number of furan rings is 1. The maximum absolute atomic E-state index is 6.62. The van der Waals surface area contributed by atoms with Gasteiger partial charge in [-0.2, -0.15) is 0 Å². The summed E-state index contributed by atoms with van der Waals surface area (Å²) in [4.78, 5) is 7.16. The van der Waals surface area contributed by atoms with Crippen molar-refractivity contribution < 1.29 is 8.83 Å². The number of nitrogens with zero attached hydrogens (tertiary/aromatic N) is 2. The van der Waals surface area contributed by atoms with Crippen LogP contribution in [0, 0.1) is 0 Å². The first kappa shape index (κ1) is 30.7. The lowest BCUT2D eigenvalue weighted by Crippen LogP contribution is -2.15. The maximum Gasteiger partial charge on any atom is 0.227 e. The molecule has 0 radical (unpaired) electrons. The van der Waals surface area contributed by atoms with Crippen LogP contribution in [0.15, 0.2) is 179 Å². The highest BCUT2D eigenvalue weighted by atomic mass is 16.4. The van der Waals surface area contributed by atoms with Crippen molar-refractivity contribution in [1.29, 1.82) is 0 Å². The van der Waals surface area contributed by atoms with E-state index in [0.717, 1.165) is 61.2 Å². The van der Waals surface area contributed by atoms with Crippen LogP contribution in [-0.2, 0) is 5.41 Å². The molecule has 0 fully saturated rings. The molecule has 0 N–H and O–H groups in total. The van der Waals surface area contributed by atoms with Crippen LogP contribution in [0.2, 0.25) is 0 Å². The molecular formula is C50H34N2O2. The minimum Gasteiger partial charge on any atom is -0.456 e. The highest BCUT2D eigenvalue weighted by molar-refractivity contribution is 6.10. The molecule has 0 unspecified atom stereocenters. The summed E-state index contributed by atoms with van der Waals surface area (Å²) in [6, 6.07) is 60.4. The Balaban J connectivity index is 1.08. The lowest BCUT2D eigenvalue weighted by molar-refractivity contribution is 0.620. The van der Waals surface area contributed by atoms with Gasteiger partial charge in [-0.1, -0.05) is 117 Å². The van der Waals surface area contributed by atoms with Gasteiger partial charge in [0.2, 0.25) is 5.89 Å². The lowest BCUT2D eigenvalue weighted by atomic mass is 9.82. The highest BCUT2D eigenvalue weighted by Crippen LogP contribution is 2.51. The molecule has 10 aromatic rings. The van der Waals surface area contributed by atoms with Gasteiger partial charge in [-0.05, 0) is 98.8 Å². The van der Waals surface area contributed by atoms with Crippen LogP contribution in [0.1, 0.15) is 25.0 Å². The van der Waals surface area contributed by atoms with Crippen molar-refractivity contribution >= 4 is 60.9 Å². The summed E-state index contributed by atoms with van der Waals surface area (Å²) in [6.07, 6.45) is 0. The van der Waals surface area contributed by atoms with Gasteiger partial charge in [0.1, 0.15) is 16.7 Å². The SMILES string of the molecule is CC1(C)c2ccccc2-c2cc(N(c3cccc(-c4cccc5ccccc45)c3)c3ccc4c(c3)oc3cc5nc(-c6ccccc6)oc5cc34)ccc21. The molecule has 54 heavy (non-hydrogen) atoms. The third-order valence-electron chi connectivity index (χ3n) is 11.3. The molecule has 0 bridgehead atoms. The molecule has 8 aromatic carbocycles. The van der Waals surface area contributed by atoms with Gasteiger partial charge in [-0.15, -0.1) is 0 Å². The molecule has 256 valence electrons. The Labute approximate surface area is 312 Å². The minimum absolute atomic E-state index is 0.0767. The average Bonchev–Trinajstić information content (AvgIpc) is 3.86. The largest absolute Gasteiger partial charge is 0.456 e. The van der Waals surface area contributed by atoms with Crippen molar-refractivity contribution in [3.05, 3.63) is 181 Å². The zero-order chi connectivity index (χ0) is 36.0. The second-order valence-corrected chi connectivity index (χ2v) is 14.8. The molecule has 0 saturated heterocycles. The minimum atomic E-state index is -0.0767. The van der Waals surface area contributed by atoms with E-state index in [-0.39, 0.29) is 5.41 Å². The summed E-state index contributed by atoms with van der Waals surface area (Å²) >= 11 is 0. The average molecular weight is 695 g/mol. The summed E-state index contributed by atoms with van der Waals surface area (Å²) < 4.78 is 12.9. The van der Waals surface area contributed by atoms with Crippen molar-refractivity contribution in [2.45, 2.75) is 19.3 Å². The van der Waals surface area contributed by atoms with Crippen LogP contribution < -0.4 is 4.90 Å². The van der Waals surface area contributed by atoms with E-state index in [1.807, 2.05) is 36.4 Å². The molecule has 4 heteroatoms. The third kappa shape index (κ3) is 4.66. The fourth-order valence-electron chi connectivity index (χ4n) is 8.61. The van der Waals surface area contributed by atoms with Gasteiger partial charge in [0.05, 0.1) is 0 Å². The Hall–Kier alpha value is -6.91. The summed E-state index contributed by atoms with van der Waals surface area (Å²) in [5.41, 5.74) is 14.8. The van der Waals surface area contributed by atoms with Gasteiger partial charge in [-0.25, -0.2) is 4.98 Å². The topological polar surface area (TPSA) is 42.4 Å². The molecule has 0 saturated carbocycles. The molecule has 0 amide bonds. The predicted molar refractivity (Wildman–Crippen MR) is 222 cm³/mol. The number of oxazole rings is 1. The van der Waals surface area contributed by atoms with Gasteiger partial charge in [0.25, 0.3) is 0 Å². The van der Waals surface area contributed by atoms with E-state index in [1.165, 1.54) is 38.6 Å². The van der Waals surface area contributed by atoms with Gasteiger partial charge in [0, 0.05) is 50.9 Å². The van der Waals surface area contributed by atoms with Crippen molar-refractivity contribution in [3.8, 4) is 33.7 Å². The third-order valence-corrected chi connectivity index (χ3v) is 11.3. The van der Waals surface area contributed by atoms with Crippen LogP contribution >= 0.6 is 0 Å². The van der Waals surface area contributed by atoms with Gasteiger partial charge in [-0.3, -0.25) is 0 Å². The second-order valence-electron chi connectivity index (χ2n) is 14.8. The molecule has 2 heterocycles. The molecule has 2 aromatic heterocycles. The van der Waals surface area contributed by atoms with Crippen LogP contribution in [0.3, 0.4) is 0 Å². The molecule has 4 nitrogen and oxygen atoms in total. The second kappa shape index (κ2) is 11.5. The molecule has 0 aliphatic heterocycles. The quantitative estimate of drug-likeness (QED) is 0.180. The number of benzene rings is 8. The first-order valence-corrected chi connectivity index (χ1v) is 18.4. The molecule has 0 atom stereocenters. The van der Waals surface area contributed by atoms with E-state index in [0.29, 0.717) is 5.89 Å². The fraction of sp³-hybridized carbons (Fsp3) is 0.0600. The van der Waals surface area contributed by atoms with Gasteiger partial charge < -0.3 is 13.7 Å². The van der Waals surface area contributed by atoms with Crippen LogP contribution in [-0.4, -0.2) is 4.98 Å². The van der Waals surface area contributed by atoms with E-state index in [4.69, 9.17) is 13.8 Å². The van der Waals surface area contributed by atoms with Crippen LogP contribution in [0.4, 0.5) is 17.1 Å². The zero-order valence-corrected chi connectivity index (χ0v) is 29.9. The highest BCUT2D eigenvalue weighted by Gasteiger charge is 2.35. The van der Waals surface area contributed by atoms with Crippen LogP contribution in [0.25, 0.3) is 77.5 Å². The van der Waals surface area contributed by atoms with E-state index < -0.39 is 0 Å².